The van der Waals surface area contributed by atoms with Crippen LogP contribution in [0.15, 0.2) is 42.5 Å². The highest BCUT2D eigenvalue weighted by atomic mass is 19.1. The van der Waals surface area contributed by atoms with Crippen LogP contribution in [-0.4, -0.2) is 49.1 Å². The van der Waals surface area contributed by atoms with Crippen molar-refractivity contribution >= 4 is 30.8 Å². The number of nitrogens with one attached hydrogen (secondary N) is 1. The molecule has 2 aromatic carbocycles. The van der Waals surface area contributed by atoms with Gasteiger partial charge in [-0.2, -0.15) is 0 Å². The monoisotopic (exact) mass is 468 g/mol. The van der Waals surface area contributed by atoms with Crippen molar-refractivity contribution < 1.29 is 22.7 Å². The van der Waals surface area contributed by atoms with E-state index in [0.717, 1.165) is 22.5 Å². The Bertz CT molecular complexity index is 1260. The van der Waals surface area contributed by atoms with Gasteiger partial charge in [0.05, 0.1) is 12.5 Å². The Kier molecular flexibility index (Phi) is 6.15. The molecule has 0 amide bonds. The predicted molar refractivity (Wildman–Crippen MR) is 130 cm³/mol. The molecule has 2 heterocycles. The van der Waals surface area contributed by atoms with Gasteiger partial charge in [-0.25, -0.2) is 18.0 Å². The third-order valence-corrected chi connectivity index (χ3v) is 6.62. The number of aromatic amines is 1. The lowest BCUT2D eigenvalue weighted by Gasteiger charge is -2.50. The number of H-pyrrole nitrogens is 1. The van der Waals surface area contributed by atoms with Crippen molar-refractivity contribution in [1.82, 2.24) is 9.88 Å². The third kappa shape index (κ3) is 4.15. The number of benzene rings is 2. The smallest absolute Gasteiger partial charge is 0.330 e. The Hall–Kier alpha value is -3.00. The Labute approximate surface area is 198 Å². The highest BCUT2D eigenvalue weighted by molar-refractivity contribution is 6.18. The molecule has 0 bridgehead atoms. The highest BCUT2D eigenvalue weighted by Crippen LogP contribution is 2.46. The SMILES string of the molecule is B[C@@]1(c2c(F)cc(/C=C/C(=O)OC)cc2F)c2[nH]c3ccccc3c2C[C@@H](C)N1CC(C)(C)F. The van der Waals surface area contributed by atoms with Gasteiger partial charge in [0.25, 0.3) is 0 Å². The molecule has 0 saturated carbocycles. The molecule has 1 N–H and O–H groups in total. The Balaban J connectivity index is 1.96. The molecular formula is C26H28BF3N2O2. The summed E-state index contributed by atoms with van der Waals surface area (Å²) in [5.41, 5.74) is -0.356. The zero-order chi connectivity index (χ0) is 24.8. The summed E-state index contributed by atoms with van der Waals surface area (Å²) in [5, 5.41) is 0.994. The molecule has 0 radical (unpaired) electrons. The first-order valence-electron chi connectivity index (χ1n) is 11.3. The van der Waals surface area contributed by atoms with E-state index in [4.69, 9.17) is 0 Å². The predicted octanol–water partition coefficient (Wildman–Crippen LogP) is 4.46. The minimum Gasteiger partial charge on any atom is -0.466 e. The number of para-hydroxylation sites is 1. The van der Waals surface area contributed by atoms with Crippen molar-refractivity contribution in [3.8, 4) is 0 Å². The maximum atomic E-state index is 15.7. The zero-order valence-corrected chi connectivity index (χ0v) is 20.0. The Morgan fingerprint density at radius 2 is 1.94 bits per heavy atom. The number of nitrogens with zero attached hydrogens (tertiary/aromatic N) is 1. The molecule has 4 nitrogen and oxygen atoms in total. The van der Waals surface area contributed by atoms with E-state index in [9.17, 15) is 9.18 Å². The highest BCUT2D eigenvalue weighted by Gasteiger charge is 2.49. The Morgan fingerprint density at radius 1 is 1.29 bits per heavy atom. The van der Waals surface area contributed by atoms with Crippen LogP contribution < -0.4 is 0 Å². The van der Waals surface area contributed by atoms with Gasteiger partial charge in [-0.15, -0.1) is 0 Å². The van der Waals surface area contributed by atoms with Crippen molar-refractivity contribution in [2.24, 2.45) is 0 Å². The third-order valence-electron chi connectivity index (χ3n) is 6.62. The number of alkyl halides is 1. The molecule has 0 spiro atoms. The fourth-order valence-corrected chi connectivity index (χ4v) is 5.19. The van der Waals surface area contributed by atoms with Gasteiger partial charge in [0.15, 0.2) is 0 Å². The average Bonchev–Trinajstić information content (AvgIpc) is 3.13. The van der Waals surface area contributed by atoms with Crippen LogP contribution in [0.2, 0.25) is 0 Å². The van der Waals surface area contributed by atoms with Gasteiger partial charge in [-0.05, 0) is 62.6 Å². The summed E-state index contributed by atoms with van der Waals surface area (Å²) in [6.07, 6.45) is 3.02. The second-order valence-electron chi connectivity index (χ2n) is 9.71. The summed E-state index contributed by atoms with van der Waals surface area (Å²) in [6, 6.07) is 9.93. The lowest BCUT2D eigenvalue weighted by molar-refractivity contribution is -0.134. The number of carbonyl (C=O) groups excluding carboxylic acids is 1. The first-order valence-corrected chi connectivity index (χ1v) is 11.3. The van der Waals surface area contributed by atoms with Crippen molar-refractivity contribution in [2.75, 3.05) is 13.7 Å². The molecule has 1 aromatic heterocycles. The fourth-order valence-electron chi connectivity index (χ4n) is 5.19. The van der Waals surface area contributed by atoms with Crippen LogP contribution in [0.5, 0.6) is 0 Å². The second-order valence-corrected chi connectivity index (χ2v) is 9.71. The molecular weight excluding hydrogens is 440 g/mol. The molecule has 8 heteroatoms. The van der Waals surface area contributed by atoms with Crippen LogP contribution >= 0.6 is 0 Å². The van der Waals surface area contributed by atoms with Crippen molar-refractivity contribution in [3.63, 3.8) is 0 Å². The second kappa shape index (κ2) is 8.66. The minimum atomic E-state index is -1.59. The number of halogens is 3. The van der Waals surface area contributed by atoms with E-state index in [1.807, 2.05) is 36.1 Å². The molecule has 0 saturated heterocycles. The molecule has 2 atom stereocenters. The van der Waals surface area contributed by atoms with E-state index < -0.39 is 28.7 Å². The summed E-state index contributed by atoms with van der Waals surface area (Å²) in [7, 11) is 2.97. The number of hydrogen-bond donors (Lipinski definition) is 1. The van der Waals surface area contributed by atoms with Gasteiger partial charge in [-0.3, -0.25) is 4.90 Å². The van der Waals surface area contributed by atoms with E-state index in [2.05, 4.69) is 9.72 Å². The maximum absolute atomic E-state index is 15.7. The number of fused-ring (bicyclic) bond motifs is 3. The molecule has 4 rings (SSSR count). The van der Waals surface area contributed by atoms with Crippen LogP contribution in [0, 0.1) is 11.6 Å². The summed E-state index contributed by atoms with van der Waals surface area (Å²) in [4.78, 5) is 16.6. The van der Waals surface area contributed by atoms with E-state index >= 15 is 8.78 Å². The fraction of sp³-hybridized carbons (Fsp3) is 0.346. The maximum Gasteiger partial charge on any atom is 0.330 e. The van der Waals surface area contributed by atoms with Crippen LogP contribution in [0.1, 0.15) is 43.2 Å². The number of methoxy groups -OCH3 is 1. The number of ether oxygens (including phenoxy) is 1. The number of carbonyl (C=O) groups is 1. The van der Waals surface area contributed by atoms with Gasteiger partial charge in [0.2, 0.25) is 0 Å². The number of aromatic nitrogens is 1. The first kappa shape index (κ1) is 24.1. The molecule has 178 valence electrons. The molecule has 3 aromatic rings. The van der Waals surface area contributed by atoms with E-state index in [1.165, 1.54) is 39.2 Å². The zero-order valence-electron chi connectivity index (χ0n) is 20.0. The van der Waals surface area contributed by atoms with Crippen molar-refractivity contribution in [2.45, 2.75) is 44.3 Å². The summed E-state index contributed by atoms with van der Waals surface area (Å²) in [6.45, 7) is 4.88. The number of rotatable bonds is 5. The van der Waals surface area contributed by atoms with E-state index in [-0.39, 0.29) is 23.7 Å². The van der Waals surface area contributed by atoms with Crippen molar-refractivity contribution in [3.05, 3.63) is 76.5 Å². The lowest BCUT2D eigenvalue weighted by atomic mass is 9.63. The molecule has 0 unspecified atom stereocenters. The van der Waals surface area contributed by atoms with Gasteiger partial charge in [0, 0.05) is 40.8 Å². The van der Waals surface area contributed by atoms with Crippen LogP contribution in [0.25, 0.3) is 17.0 Å². The number of esters is 1. The van der Waals surface area contributed by atoms with Gasteiger partial charge < -0.3 is 9.72 Å². The molecule has 1 aliphatic heterocycles. The van der Waals surface area contributed by atoms with Crippen molar-refractivity contribution in [1.29, 1.82) is 0 Å². The van der Waals surface area contributed by atoms with Gasteiger partial charge >= 0.3 is 5.97 Å². The van der Waals surface area contributed by atoms with E-state index in [0.29, 0.717) is 12.1 Å². The van der Waals surface area contributed by atoms with E-state index in [1.54, 1.807) is 7.85 Å². The normalized spacial score (nSPS) is 21.2. The van der Waals surface area contributed by atoms with Crippen LogP contribution in [-0.2, 0) is 21.4 Å². The topological polar surface area (TPSA) is 45.3 Å². The molecule has 0 aliphatic carbocycles. The standard InChI is InChI=1S/C26H28BF3N2O2/c1-15-11-18-17-7-5-6-8-21(17)31-24(18)26(27,32(15)14-25(2,3)30)23-19(28)12-16(13-20(23)29)9-10-22(33)34-4/h5-10,12-13,15,31H,11,14,27H2,1-4H3/b10-9+/t15-,26-/m1/s1. The summed E-state index contributed by atoms with van der Waals surface area (Å²) >= 11 is 0. The van der Waals surface area contributed by atoms with Crippen LogP contribution in [0.3, 0.4) is 0 Å². The van der Waals surface area contributed by atoms with Crippen LogP contribution in [0.4, 0.5) is 13.2 Å². The molecule has 34 heavy (non-hydrogen) atoms. The number of hydrogen-bond acceptors (Lipinski definition) is 3. The van der Waals surface area contributed by atoms with Gasteiger partial charge in [-0.1, -0.05) is 18.2 Å². The summed E-state index contributed by atoms with van der Waals surface area (Å²) in [5.74, 6) is -2.17. The largest absolute Gasteiger partial charge is 0.466 e. The quantitative estimate of drug-likeness (QED) is 0.342. The minimum absolute atomic E-state index is 0.0116. The average molecular weight is 468 g/mol. The van der Waals surface area contributed by atoms with Gasteiger partial charge in [0.1, 0.15) is 25.1 Å². The summed E-state index contributed by atoms with van der Waals surface area (Å²) < 4.78 is 50.9. The Morgan fingerprint density at radius 3 is 2.56 bits per heavy atom. The lowest BCUT2D eigenvalue weighted by Crippen LogP contribution is -2.59. The first-order chi connectivity index (χ1) is 16.0. The molecule has 1 aliphatic rings. The molecule has 0 fully saturated rings.